The first-order valence-electron chi connectivity index (χ1n) is 6.86. The summed E-state index contributed by atoms with van der Waals surface area (Å²) >= 11 is 0. The Morgan fingerprint density at radius 3 is 2.45 bits per heavy atom. The third-order valence-electron chi connectivity index (χ3n) is 3.74. The zero-order chi connectivity index (χ0) is 14.8. The molecule has 6 nitrogen and oxygen atoms in total. The van der Waals surface area contributed by atoms with Crippen LogP contribution in [0, 0.1) is 6.92 Å². The van der Waals surface area contributed by atoms with E-state index in [1.54, 1.807) is 16.7 Å². The number of hydrogen-bond acceptors (Lipinski definition) is 5. The van der Waals surface area contributed by atoms with Crippen molar-refractivity contribution in [3.05, 3.63) is 23.8 Å². The van der Waals surface area contributed by atoms with Crippen molar-refractivity contribution in [1.29, 1.82) is 0 Å². The Labute approximate surface area is 120 Å². The van der Waals surface area contributed by atoms with Gasteiger partial charge in [-0.2, -0.15) is 0 Å². The highest BCUT2D eigenvalue weighted by Crippen LogP contribution is 2.18. The Balaban J connectivity index is 1.91. The molecule has 1 fully saturated rings. The number of aromatic nitrogens is 2. The number of sulfonamides is 1. The van der Waals surface area contributed by atoms with Crippen LogP contribution in [0.5, 0.6) is 0 Å². The Kier molecular flexibility index (Phi) is 4.72. The Morgan fingerprint density at radius 1 is 1.30 bits per heavy atom. The molecule has 0 aromatic carbocycles. The molecule has 1 aliphatic heterocycles. The van der Waals surface area contributed by atoms with Crippen molar-refractivity contribution in [3.63, 3.8) is 0 Å². The third-order valence-corrected chi connectivity index (χ3v) is 5.04. The highest BCUT2D eigenvalue weighted by molar-refractivity contribution is 7.88. The first-order valence-corrected chi connectivity index (χ1v) is 8.71. The summed E-state index contributed by atoms with van der Waals surface area (Å²) in [6.45, 7) is 5.19. The standard InChI is InChI=1S/C13H22N4O2S/c1-10-13(15-7-6-14-10)11(2)16-12-4-8-17(9-5-12)20(3,18)19/h6-7,11-12,16H,4-5,8-9H2,1-3H3. The first kappa shape index (κ1) is 15.3. The van der Waals surface area contributed by atoms with Gasteiger partial charge in [0.15, 0.2) is 0 Å². The van der Waals surface area contributed by atoms with Gasteiger partial charge in [-0.25, -0.2) is 12.7 Å². The lowest BCUT2D eigenvalue weighted by molar-refractivity contribution is 0.277. The number of piperidine rings is 1. The van der Waals surface area contributed by atoms with Gasteiger partial charge in [-0.1, -0.05) is 0 Å². The minimum atomic E-state index is -3.05. The largest absolute Gasteiger partial charge is 0.306 e. The van der Waals surface area contributed by atoms with Crippen LogP contribution in [0.1, 0.15) is 37.2 Å². The van der Waals surface area contributed by atoms with E-state index in [0.717, 1.165) is 24.2 Å². The summed E-state index contributed by atoms with van der Waals surface area (Å²) in [5.74, 6) is 0. The Hall–Kier alpha value is -1.05. The zero-order valence-corrected chi connectivity index (χ0v) is 13.0. The molecule has 1 N–H and O–H groups in total. The van der Waals surface area contributed by atoms with Crippen LogP contribution in [-0.4, -0.2) is 48.1 Å². The highest BCUT2D eigenvalue weighted by Gasteiger charge is 2.26. The summed E-state index contributed by atoms with van der Waals surface area (Å²) < 4.78 is 24.5. The van der Waals surface area contributed by atoms with Gasteiger partial charge in [0, 0.05) is 37.6 Å². The number of nitrogens with one attached hydrogen (secondary N) is 1. The normalized spacial score (nSPS) is 19.9. The number of aryl methyl sites for hydroxylation is 1. The van der Waals surface area contributed by atoms with Crippen molar-refractivity contribution in [1.82, 2.24) is 19.6 Å². The van der Waals surface area contributed by atoms with Crippen LogP contribution in [0.4, 0.5) is 0 Å². The monoisotopic (exact) mass is 298 g/mol. The number of rotatable bonds is 4. The van der Waals surface area contributed by atoms with Gasteiger partial charge in [0.25, 0.3) is 0 Å². The molecule has 112 valence electrons. The molecule has 1 aliphatic rings. The molecule has 1 atom stereocenters. The van der Waals surface area contributed by atoms with Crippen LogP contribution in [0.2, 0.25) is 0 Å². The second kappa shape index (κ2) is 6.15. The quantitative estimate of drug-likeness (QED) is 0.892. The molecule has 0 bridgehead atoms. The molecule has 0 spiro atoms. The van der Waals surface area contributed by atoms with E-state index in [1.165, 1.54) is 6.26 Å². The van der Waals surface area contributed by atoms with E-state index >= 15 is 0 Å². The molecule has 2 heterocycles. The molecule has 0 radical (unpaired) electrons. The zero-order valence-electron chi connectivity index (χ0n) is 12.2. The maximum Gasteiger partial charge on any atom is 0.211 e. The lowest BCUT2D eigenvalue weighted by Gasteiger charge is -2.32. The molecular weight excluding hydrogens is 276 g/mol. The van der Waals surface area contributed by atoms with E-state index in [1.807, 2.05) is 6.92 Å². The third kappa shape index (κ3) is 3.74. The van der Waals surface area contributed by atoms with Gasteiger partial charge in [0.2, 0.25) is 10.0 Å². The van der Waals surface area contributed by atoms with Crippen molar-refractivity contribution < 1.29 is 8.42 Å². The number of hydrogen-bond donors (Lipinski definition) is 1. The molecule has 1 aromatic heterocycles. The van der Waals surface area contributed by atoms with Gasteiger partial charge in [-0.15, -0.1) is 0 Å². The van der Waals surface area contributed by atoms with Gasteiger partial charge >= 0.3 is 0 Å². The Bertz CT molecular complexity index is 553. The van der Waals surface area contributed by atoms with E-state index in [2.05, 4.69) is 22.2 Å². The van der Waals surface area contributed by atoms with E-state index in [-0.39, 0.29) is 6.04 Å². The summed E-state index contributed by atoms with van der Waals surface area (Å²) in [5.41, 5.74) is 1.89. The predicted octanol–water partition coefficient (Wildman–Crippen LogP) is 0.860. The smallest absolute Gasteiger partial charge is 0.211 e. The molecule has 0 saturated carbocycles. The van der Waals surface area contributed by atoms with Crippen LogP contribution >= 0.6 is 0 Å². The molecule has 7 heteroatoms. The van der Waals surface area contributed by atoms with Crippen LogP contribution in [-0.2, 0) is 10.0 Å². The molecule has 1 aromatic rings. The average Bonchev–Trinajstić information content (AvgIpc) is 2.38. The molecule has 1 saturated heterocycles. The van der Waals surface area contributed by atoms with E-state index in [4.69, 9.17) is 0 Å². The fourth-order valence-corrected chi connectivity index (χ4v) is 3.50. The van der Waals surface area contributed by atoms with Gasteiger partial charge < -0.3 is 5.32 Å². The Morgan fingerprint density at radius 2 is 1.90 bits per heavy atom. The van der Waals surface area contributed by atoms with Crippen molar-refractivity contribution >= 4 is 10.0 Å². The highest BCUT2D eigenvalue weighted by atomic mass is 32.2. The van der Waals surface area contributed by atoms with Gasteiger partial charge in [0.05, 0.1) is 17.6 Å². The second-order valence-electron chi connectivity index (χ2n) is 5.35. The molecule has 1 unspecified atom stereocenters. The summed E-state index contributed by atoms with van der Waals surface area (Å²) in [4.78, 5) is 8.61. The summed E-state index contributed by atoms with van der Waals surface area (Å²) in [5, 5.41) is 3.52. The molecule has 2 rings (SSSR count). The van der Waals surface area contributed by atoms with Crippen LogP contribution in [0.15, 0.2) is 12.4 Å². The molecular formula is C13H22N4O2S. The van der Waals surface area contributed by atoms with Gasteiger partial charge in [-0.05, 0) is 26.7 Å². The minimum Gasteiger partial charge on any atom is -0.306 e. The maximum atomic E-state index is 11.5. The van der Waals surface area contributed by atoms with Crippen LogP contribution in [0.3, 0.4) is 0 Å². The SMILES string of the molecule is Cc1nccnc1C(C)NC1CCN(S(C)(=O)=O)CC1. The van der Waals surface area contributed by atoms with Crippen molar-refractivity contribution in [2.75, 3.05) is 19.3 Å². The fraction of sp³-hybridized carbons (Fsp3) is 0.692. The second-order valence-corrected chi connectivity index (χ2v) is 7.33. The van der Waals surface area contributed by atoms with Crippen LogP contribution < -0.4 is 5.32 Å². The van der Waals surface area contributed by atoms with Crippen molar-refractivity contribution in [2.24, 2.45) is 0 Å². The summed E-state index contributed by atoms with van der Waals surface area (Å²) in [6.07, 6.45) is 6.32. The lowest BCUT2D eigenvalue weighted by Crippen LogP contribution is -2.45. The first-order chi connectivity index (χ1) is 9.38. The lowest BCUT2D eigenvalue weighted by atomic mass is 10.0. The van der Waals surface area contributed by atoms with Gasteiger partial charge in [-0.3, -0.25) is 9.97 Å². The topological polar surface area (TPSA) is 75.2 Å². The van der Waals surface area contributed by atoms with Gasteiger partial charge in [0.1, 0.15) is 0 Å². The van der Waals surface area contributed by atoms with E-state index < -0.39 is 10.0 Å². The summed E-state index contributed by atoms with van der Waals surface area (Å²) in [6, 6.07) is 0.447. The number of nitrogens with zero attached hydrogens (tertiary/aromatic N) is 3. The molecule has 0 amide bonds. The minimum absolute atomic E-state index is 0.124. The fourth-order valence-electron chi connectivity index (χ4n) is 2.63. The van der Waals surface area contributed by atoms with Crippen LogP contribution in [0.25, 0.3) is 0 Å². The summed E-state index contributed by atoms with van der Waals surface area (Å²) in [7, 11) is -3.05. The van der Waals surface area contributed by atoms with E-state index in [0.29, 0.717) is 19.1 Å². The van der Waals surface area contributed by atoms with Crippen molar-refractivity contribution in [3.8, 4) is 0 Å². The molecule has 0 aliphatic carbocycles. The average molecular weight is 298 g/mol. The molecule has 20 heavy (non-hydrogen) atoms. The maximum absolute atomic E-state index is 11.5. The van der Waals surface area contributed by atoms with Crippen molar-refractivity contribution in [2.45, 2.75) is 38.8 Å². The van der Waals surface area contributed by atoms with E-state index in [9.17, 15) is 8.42 Å². The predicted molar refractivity (Wildman–Crippen MR) is 77.8 cm³/mol.